The first kappa shape index (κ1) is 19.9. The topological polar surface area (TPSA) is 104 Å². The molecule has 0 fully saturated rings. The molecule has 0 unspecified atom stereocenters. The van der Waals surface area contributed by atoms with E-state index in [1.807, 2.05) is 10.3 Å². The minimum absolute atomic E-state index is 0.135. The Balaban J connectivity index is 2.76. The van der Waals surface area contributed by atoms with E-state index in [0.717, 1.165) is 24.3 Å². The number of sulfonamides is 1. The van der Waals surface area contributed by atoms with Crippen molar-refractivity contribution in [3.05, 3.63) is 29.8 Å². The van der Waals surface area contributed by atoms with Crippen LogP contribution in [-0.2, 0) is 14.8 Å². The molecule has 0 bridgehead atoms. The predicted octanol–water partition coefficient (Wildman–Crippen LogP) is 0.944. The van der Waals surface area contributed by atoms with Crippen molar-refractivity contribution in [2.24, 2.45) is 5.92 Å². The Morgan fingerprint density at radius 3 is 2.12 bits per heavy atom. The van der Waals surface area contributed by atoms with Gasteiger partial charge in [-0.1, -0.05) is 13.8 Å². The summed E-state index contributed by atoms with van der Waals surface area (Å²) in [6, 6.07) is 4.19. The maximum atomic E-state index is 12.0. The monoisotopic (exact) mass is 367 g/mol. The minimum Gasteiger partial charge on any atom is -0.343 e. The standard InChI is InChI=1S/C13H16F3N3O4S/c1-8(2)11(20)18-19-24(22,23)10-5-3-9(4-6-10)12(21)17-7-13(14,15)16/h3-6,8,19H,7H2,1-2H3,(H,17,21)(H,18,20). The van der Waals surface area contributed by atoms with Crippen molar-refractivity contribution in [3.8, 4) is 0 Å². The molecule has 2 amide bonds. The summed E-state index contributed by atoms with van der Waals surface area (Å²) in [4.78, 5) is 24.5. The number of benzene rings is 1. The Morgan fingerprint density at radius 1 is 1.12 bits per heavy atom. The van der Waals surface area contributed by atoms with Gasteiger partial charge in [0.25, 0.3) is 15.9 Å². The average molecular weight is 367 g/mol. The van der Waals surface area contributed by atoms with Gasteiger partial charge in [0.2, 0.25) is 5.91 Å². The molecule has 1 aromatic carbocycles. The Labute approximate surface area is 136 Å². The number of hydrogen-bond donors (Lipinski definition) is 3. The molecule has 0 heterocycles. The van der Waals surface area contributed by atoms with Crippen molar-refractivity contribution in [3.63, 3.8) is 0 Å². The van der Waals surface area contributed by atoms with E-state index >= 15 is 0 Å². The molecule has 1 aromatic rings. The van der Waals surface area contributed by atoms with Gasteiger partial charge in [0.1, 0.15) is 6.54 Å². The highest BCUT2D eigenvalue weighted by Crippen LogP contribution is 2.14. The summed E-state index contributed by atoms with van der Waals surface area (Å²) in [5.41, 5.74) is 1.88. The van der Waals surface area contributed by atoms with Crippen LogP contribution in [0.3, 0.4) is 0 Å². The summed E-state index contributed by atoms with van der Waals surface area (Å²) < 4.78 is 59.9. The van der Waals surface area contributed by atoms with Crippen LogP contribution < -0.4 is 15.6 Å². The maximum Gasteiger partial charge on any atom is 0.405 e. The molecule has 0 saturated carbocycles. The first-order chi connectivity index (χ1) is 10.9. The van der Waals surface area contributed by atoms with E-state index in [9.17, 15) is 31.2 Å². The number of amides is 2. The van der Waals surface area contributed by atoms with E-state index in [2.05, 4.69) is 0 Å². The second-order valence-corrected chi connectivity index (χ2v) is 6.75. The van der Waals surface area contributed by atoms with Crippen LogP contribution >= 0.6 is 0 Å². The van der Waals surface area contributed by atoms with Crippen molar-refractivity contribution < 1.29 is 31.2 Å². The van der Waals surface area contributed by atoms with Crippen molar-refractivity contribution in [1.82, 2.24) is 15.6 Å². The zero-order valence-electron chi connectivity index (χ0n) is 12.8. The first-order valence-corrected chi connectivity index (χ1v) is 8.17. The van der Waals surface area contributed by atoms with E-state index in [1.54, 1.807) is 19.2 Å². The fourth-order valence-corrected chi connectivity index (χ4v) is 2.24. The Bertz CT molecular complexity index is 700. The third-order valence-corrected chi connectivity index (χ3v) is 3.97. The third kappa shape index (κ3) is 6.16. The van der Waals surface area contributed by atoms with Crippen LogP contribution in [0.2, 0.25) is 0 Å². The molecule has 7 nitrogen and oxygen atoms in total. The molecule has 0 saturated heterocycles. The van der Waals surface area contributed by atoms with Crippen molar-refractivity contribution in [2.75, 3.05) is 6.54 Å². The summed E-state index contributed by atoms with van der Waals surface area (Å²) in [6.45, 7) is 1.64. The molecule has 1 rings (SSSR count). The number of hydrazine groups is 1. The van der Waals surface area contributed by atoms with Crippen LogP contribution in [0.1, 0.15) is 24.2 Å². The molecule has 0 aliphatic heterocycles. The number of alkyl halides is 3. The van der Waals surface area contributed by atoms with E-state index in [4.69, 9.17) is 0 Å². The molecule has 0 aliphatic rings. The van der Waals surface area contributed by atoms with Gasteiger partial charge in [-0.3, -0.25) is 15.0 Å². The van der Waals surface area contributed by atoms with Gasteiger partial charge in [-0.15, -0.1) is 4.83 Å². The van der Waals surface area contributed by atoms with E-state index in [1.165, 1.54) is 0 Å². The lowest BCUT2D eigenvalue weighted by Crippen LogP contribution is -2.43. The smallest absolute Gasteiger partial charge is 0.343 e. The molecule has 0 spiro atoms. The number of rotatable bonds is 6. The molecule has 134 valence electrons. The molecule has 11 heteroatoms. The van der Waals surface area contributed by atoms with Crippen LogP contribution in [0.15, 0.2) is 29.2 Å². The summed E-state index contributed by atoms with van der Waals surface area (Å²) in [7, 11) is -4.06. The van der Waals surface area contributed by atoms with Gasteiger partial charge in [-0.25, -0.2) is 8.42 Å². The molecule has 0 aromatic heterocycles. The Hall–Kier alpha value is -2.14. The minimum atomic E-state index is -4.54. The number of hydrogen-bond acceptors (Lipinski definition) is 4. The van der Waals surface area contributed by atoms with Crippen LogP contribution in [0.5, 0.6) is 0 Å². The maximum absolute atomic E-state index is 12.0. The second-order valence-electron chi connectivity index (χ2n) is 5.07. The molecular weight excluding hydrogens is 351 g/mol. The van der Waals surface area contributed by atoms with Gasteiger partial charge < -0.3 is 5.32 Å². The second kappa shape index (κ2) is 7.62. The summed E-state index contributed by atoms with van der Waals surface area (Å²) in [6.07, 6.45) is -4.54. The summed E-state index contributed by atoms with van der Waals surface area (Å²) >= 11 is 0. The van der Waals surface area contributed by atoms with Crippen molar-refractivity contribution in [2.45, 2.75) is 24.9 Å². The van der Waals surface area contributed by atoms with E-state index in [-0.39, 0.29) is 10.5 Å². The van der Waals surface area contributed by atoms with Crippen molar-refractivity contribution in [1.29, 1.82) is 0 Å². The summed E-state index contributed by atoms with van der Waals surface area (Å²) in [5, 5.41) is 1.66. The molecule has 0 atom stereocenters. The molecule has 24 heavy (non-hydrogen) atoms. The lowest BCUT2D eigenvalue weighted by molar-refractivity contribution is -0.124. The lowest BCUT2D eigenvalue weighted by atomic mass is 10.2. The quantitative estimate of drug-likeness (QED) is 0.651. The molecule has 0 radical (unpaired) electrons. The largest absolute Gasteiger partial charge is 0.405 e. The van der Waals surface area contributed by atoms with Crippen LogP contribution in [-0.4, -0.2) is 33.0 Å². The van der Waals surface area contributed by atoms with Crippen LogP contribution in [0.4, 0.5) is 13.2 Å². The van der Waals surface area contributed by atoms with Gasteiger partial charge >= 0.3 is 6.18 Å². The van der Waals surface area contributed by atoms with Crippen molar-refractivity contribution >= 4 is 21.8 Å². The highest BCUT2D eigenvalue weighted by molar-refractivity contribution is 7.89. The van der Waals surface area contributed by atoms with Gasteiger partial charge in [-0.05, 0) is 24.3 Å². The van der Waals surface area contributed by atoms with Crippen LogP contribution in [0.25, 0.3) is 0 Å². The number of carbonyl (C=O) groups excluding carboxylic acids is 2. The Kier molecular flexibility index (Phi) is 6.32. The van der Waals surface area contributed by atoms with E-state index in [0.29, 0.717) is 0 Å². The zero-order chi connectivity index (χ0) is 18.5. The normalized spacial score (nSPS) is 12.1. The molecular formula is C13H16F3N3O4S. The van der Waals surface area contributed by atoms with Crippen LogP contribution in [0, 0.1) is 5.92 Å². The molecule has 3 N–H and O–H groups in total. The highest BCUT2D eigenvalue weighted by atomic mass is 32.2. The zero-order valence-corrected chi connectivity index (χ0v) is 13.6. The first-order valence-electron chi connectivity index (χ1n) is 6.69. The fourth-order valence-electron chi connectivity index (χ4n) is 1.39. The average Bonchev–Trinajstić information content (AvgIpc) is 2.49. The third-order valence-electron chi connectivity index (χ3n) is 2.71. The van der Waals surface area contributed by atoms with Gasteiger partial charge in [0, 0.05) is 11.5 Å². The number of carbonyl (C=O) groups is 2. The van der Waals surface area contributed by atoms with Gasteiger partial charge in [0.15, 0.2) is 0 Å². The van der Waals surface area contributed by atoms with Gasteiger partial charge in [-0.2, -0.15) is 13.2 Å². The lowest BCUT2D eigenvalue weighted by Gasteiger charge is -2.11. The predicted molar refractivity (Wildman–Crippen MR) is 78.1 cm³/mol. The number of halogens is 3. The molecule has 0 aliphatic carbocycles. The summed E-state index contributed by atoms with van der Waals surface area (Å²) in [5.74, 6) is -1.97. The SMILES string of the molecule is CC(C)C(=O)NNS(=O)(=O)c1ccc(C(=O)NCC(F)(F)F)cc1. The van der Waals surface area contributed by atoms with E-state index < -0.39 is 40.5 Å². The fraction of sp³-hybridized carbons (Fsp3) is 0.385. The Morgan fingerprint density at radius 2 is 1.67 bits per heavy atom. The van der Waals surface area contributed by atoms with Gasteiger partial charge in [0.05, 0.1) is 4.90 Å². The highest BCUT2D eigenvalue weighted by Gasteiger charge is 2.28. The number of nitrogens with one attached hydrogen (secondary N) is 3.